The average molecular weight is 287 g/mol. The van der Waals surface area contributed by atoms with Crippen molar-refractivity contribution >= 4 is 11.0 Å². The van der Waals surface area contributed by atoms with Crippen molar-refractivity contribution in [3.05, 3.63) is 54.6 Å². The van der Waals surface area contributed by atoms with Gasteiger partial charge in [-0.3, -0.25) is 4.98 Å². The number of imidazole rings is 1. The highest BCUT2D eigenvalue weighted by atomic mass is 15.4. The van der Waals surface area contributed by atoms with Crippen LogP contribution in [0.3, 0.4) is 0 Å². The molecule has 0 aliphatic rings. The van der Waals surface area contributed by atoms with Gasteiger partial charge < -0.3 is 4.98 Å². The van der Waals surface area contributed by atoms with Crippen LogP contribution >= 0.6 is 0 Å². The molecule has 22 heavy (non-hydrogen) atoms. The third-order valence-corrected chi connectivity index (χ3v) is 3.31. The van der Waals surface area contributed by atoms with E-state index in [0.29, 0.717) is 17.0 Å². The van der Waals surface area contributed by atoms with Crippen molar-refractivity contribution in [1.29, 1.82) is 5.26 Å². The zero-order chi connectivity index (χ0) is 14.9. The molecule has 3 heterocycles. The van der Waals surface area contributed by atoms with E-state index in [1.54, 1.807) is 35.5 Å². The molecule has 0 amide bonds. The summed E-state index contributed by atoms with van der Waals surface area (Å²) in [5.74, 6) is 0. The molecular formula is C15H9N7. The zero-order valence-corrected chi connectivity index (χ0v) is 11.3. The second kappa shape index (κ2) is 4.79. The molecular weight excluding hydrogens is 278 g/mol. The van der Waals surface area contributed by atoms with E-state index in [4.69, 9.17) is 5.26 Å². The monoisotopic (exact) mass is 287 g/mol. The van der Waals surface area contributed by atoms with Crippen molar-refractivity contribution in [2.24, 2.45) is 0 Å². The SMILES string of the molecule is N#Cc1ccnc(-c2cn(-c3ccc4nc[nH]c4c3)nn2)c1. The van der Waals surface area contributed by atoms with E-state index >= 15 is 0 Å². The van der Waals surface area contributed by atoms with Gasteiger partial charge in [0.05, 0.1) is 46.6 Å². The van der Waals surface area contributed by atoms with E-state index in [1.807, 2.05) is 18.2 Å². The highest BCUT2D eigenvalue weighted by Gasteiger charge is 2.08. The predicted molar refractivity (Wildman–Crippen MR) is 79.0 cm³/mol. The predicted octanol–water partition coefficient (Wildman–Crippen LogP) is 2.08. The summed E-state index contributed by atoms with van der Waals surface area (Å²) >= 11 is 0. The van der Waals surface area contributed by atoms with Crippen molar-refractivity contribution < 1.29 is 0 Å². The Morgan fingerprint density at radius 3 is 2.95 bits per heavy atom. The van der Waals surface area contributed by atoms with Gasteiger partial charge >= 0.3 is 0 Å². The minimum absolute atomic E-state index is 0.540. The largest absolute Gasteiger partial charge is 0.345 e. The van der Waals surface area contributed by atoms with Crippen LogP contribution in [0.1, 0.15) is 5.56 Å². The summed E-state index contributed by atoms with van der Waals surface area (Å²) in [5.41, 5.74) is 4.46. The van der Waals surface area contributed by atoms with Crippen LogP contribution in [0.25, 0.3) is 28.1 Å². The van der Waals surface area contributed by atoms with Gasteiger partial charge in [-0.05, 0) is 30.3 Å². The van der Waals surface area contributed by atoms with E-state index in [9.17, 15) is 0 Å². The van der Waals surface area contributed by atoms with Gasteiger partial charge in [0.1, 0.15) is 5.69 Å². The van der Waals surface area contributed by atoms with E-state index < -0.39 is 0 Å². The van der Waals surface area contributed by atoms with Crippen LogP contribution in [-0.2, 0) is 0 Å². The van der Waals surface area contributed by atoms with Gasteiger partial charge in [0, 0.05) is 6.20 Å². The summed E-state index contributed by atoms with van der Waals surface area (Å²) in [7, 11) is 0. The number of nitrogens with zero attached hydrogens (tertiary/aromatic N) is 6. The van der Waals surface area contributed by atoms with E-state index in [2.05, 4.69) is 31.3 Å². The lowest BCUT2D eigenvalue weighted by molar-refractivity contribution is 0.804. The Labute approximate surface area is 124 Å². The molecule has 7 nitrogen and oxygen atoms in total. The minimum Gasteiger partial charge on any atom is -0.345 e. The van der Waals surface area contributed by atoms with Gasteiger partial charge in [-0.25, -0.2) is 9.67 Å². The Balaban J connectivity index is 1.75. The molecule has 0 bridgehead atoms. The molecule has 1 aromatic carbocycles. The summed E-state index contributed by atoms with van der Waals surface area (Å²) in [6, 6.07) is 11.2. The first-order chi connectivity index (χ1) is 10.8. The lowest BCUT2D eigenvalue weighted by Gasteiger charge is -1.99. The smallest absolute Gasteiger partial charge is 0.131 e. The second-order valence-electron chi connectivity index (χ2n) is 4.69. The van der Waals surface area contributed by atoms with Crippen molar-refractivity contribution in [1.82, 2.24) is 29.9 Å². The maximum absolute atomic E-state index is 8.94. The summed E-state index contributed by atoms with van der Waals surface area (Å²) in [6.45, 7) is 0. The Hall–Kier alpha value is -3.53. The molecule has 0 radical (unpaired) electrons. The molecule has 0 spiro atoms. The van der Waals surface area contributed by atoms with Crippen LogP contribution < -0.4 is 0 Å². The molecule has 0 aliphatic carbocycles. The summed E-state index contributed by atoms with van der Waals surface area (Å²) in [4.78, 5) is 11.5. The Morgan fingerprint density at radius 1 is 1.09 bits per heavy atom. The van der Waals surface area contributed by atoms with E-state index in [-0.39, 0.29) is 0 Å². The number of H-pyrrole nitrogens is 1. The second-order valence-corrected chi connectivity index (χ2v) is 4.69. The van der Waals surface area contributed by atoms with Crippen molar-refractivity contribution in [2.75, 3.05) is 0 Å². The fraction of sp³-hybridized carbons (Fsp3) is 0. The van der Waals surface area contributed by atoms with Crippen LogP contribution in [0.4, 0.5) is 0 Å². The van der Waals surface area contributed by atoms with Gasteiger partial charge in [-0.15, -0.1) is 5.10 Å². The standard InChI is InChI=1S/C15H9N7/c16-7-10-3-4-17-13(5-10)15-8-22(21-20-15)11-1-2-12-14(6-11)19-9-18-12/h1-6,8-9H,(H,18,19). The van der Waals surface area contributed by atoms with E-state index in [0.717, 1.165) is 16.7 Å². The van der Waals surface area contributed by atoms with Crippen molar-refractivity contribution in [2.45, 2.75) is 0 Å². The molecule has 1 N–H and O–H groups in total. The number of rotatable bonds is 2. The number of benzene rings is 1. The number of nitriles is 1. The van der Waals surface area contributed by atoms with Crippen molar-refractivity contribution in [3.8, 4) is 23.1 Å². The summed E-state index contributed by atoms with van der Waals surface area (Å²) in [6.07, 6.45) is 5.02. The molecule has 0 saturated carbocycles. The molecule has 0 aliphatic heterocycles. The lowest BCUT2D eigenvalue weighted by atomic mass is 10.2. The minimum atomic E-state index is 0.540. The Morgan fingerprint density at radius 2 is 2.05 bits per heavy atom. The number of aromatic amines is 1. The summed E-state index contributed by atoms with van der Waals surface area (Å²) < 4.78 is 1.66. The van der Waals surface area contributed by atoms with Crippen molar-refractivity contribution in [3.63, 3.8) is 0 Å². The molecule has 104 valence electrons. The first kappa shape index (κ1) is 12.2. The molecule has 0 unspecified atom stereocenters. The molecule has 4 rings (SSSR count). The number of fused-ring (bicyclic) bond motifs is 1. The highest BCUT2D eigenvalue weighted by molar-refractivity contribution is 5.76. The lowest BCUT2D eigenvalue weighted by Crippen LogP contribution is -1.94. The Kier molecular flexibility index (Phi) is 2.66. The maximum Gasteiger partial charge on any atom is 0.131 e. The first-order valence-electron chi connectivity index (χ1n) is 6.56. The fourth-order valence-corrected chi connectivity index (χ4v) is 2.21. The number of hydrogen-bond donors (Lipinski definition) is 1. The molecule has 7 heteroatoms. The summed E-state index contributed by atoms with van der Waals surface area (Å²) in [5, 5.41) is 17.2. The van der Waals surface area contributed by atoms with Gasteiger partial charge in [0.25, 0.3) is 0 Å². The fourth-order valence-electron chi connectivity index (χ4n) is 2.21. The molecule has 0 saturated heterocycles. The first-order valence-corrected chi connectivity index (χ1v) is 6.56. The molecule has 4 aromatic rings. The Bertz CT molecular complexity index is 1010. The van der Waals surface area contributed by atoms with E-state index in [1.165, 1.54) is 0 Å². The van der Waals surface area contributed by atoms with Crippen LogP contribution in [-0.4, -0.2) is 29.9 Å². The number of aromatic nitrogens is 6. The number of pyridine rings is 1. The third-order valence-electron chi connectivity index (χ3n) is 3.31. The molecule has 0 fully saturated rings. The topological polar surface area (TPSA) is 96.1 Å². The van der Waals surface area contributed by atoms with Crippen LogP contribution in [0.15, 0.2) is 49.1 Å². The highest BCUT2D eigenvalue weighted by Crippen LogP contribution is 2.18. The van der Waals surface area contributed by atoms with Crippen LogP contribution in [0.5, 0.6) is 0 Å². The molecule has 3 aromatic heterocycles. The quantitative estimate of drug-likeness (QED) is 0.609. The van der Waals surface area contributed by atoms with Gasteiger partial charge in [0.2, 0.25) is 0 Å². The molecule has 0 atom stereocenters. The third kappa shape index (κ3) is 1.99. The average Bonchev–Trinajstić information content (AvgIpc) is 3.23. The van der Waals surface area contributed by atoms with Gasteiger partial charge in [0.15, 0.2) is 0 Å². The van der Waals surface area contributed by atoms with Gasteiger partial charge in [-0.2, -0.15) is 5.26 Å². The van der Waals surface area contributed by atoms with Gasteiger partial charge in [-0.1, -0.05) is 5.21 Å². The normalized spacial score (nSPS) is 10.7. The number of hydrogen-bond acceptors (Lipinski definition) is 5. The van der Waals surface area contributed by atoms with Crippen LogP contribution in [0, 0.1) is 11.3 Å². The zero-order valence-electron chi connectivity index (χ0n) is 11.3. The number of nitrogens with one attached hydrogen (secondary N) is 1. The van der Waals surface area contributed by atoms with Crippen LogP contribution in [0.2, 0.25) is 0 Å². The maximum atomic E-state index is 8.94.